The Balaban J connectivity index is 2.25. The van der Waals surface area contributed by atoms with E-state index in [1.54, 1.807) is 31.2 Å². The average molecular weight is 280 g/mol. The summed E-state index contributed by atoms with van der Waals surface area (Å²) >= 11 is 5.90. The fraction of sp³-hybridized carbons (Fsp3) is 0.0833. The Morgan fingerprint density at radius 1 is 1.37 bits per heavy atom. The van der Waals surface area contributed by atoms with Gasteiger partial charge in [-0.25, -0.2) is 4.79 Å². The van der Waals surface area contributed by atoms with Crippen molar-refractivity contribution in [1.29, 1.82) is 0 Å². The summed E-state index contributed by atoms with van der Waals surface area (Å²) in [5.74, 6) is -1.41. The van der Waals surface area contributed by atoms with Crippen LogP contribution in [0.2, 0.25) is 5.02 Å². The predicted octanol–water partition coefficient (Wildman–Crippen LogP) is 2.32. The number of carbonyl (C=O) groups excluding carboxylic acids is 1. The molecular formula is C12H10ClN3O3. The summed E-state index contributed by atoms with van der Waals surface area (Å²) in [7, 11) is 0. The van der Waals surface area contributed by atoms with Gasteiger partial charge in [-0.3, -0.25) is 9.89 Å². The molecule has 6 nitrogen and oxygen atoms in total. The molecule has 0 saturated carbocycles. The summed E-state index contributed by atoms with van der Waals surface area (Å²) in [6.07, 6.45) is 0. The zero-order chi connectivity index (χ0) is 14.0. The molecule has 7 heteroatoms. The van der Waals surface area contributed by atoms with E-state index in [9.17, 15) is 9.59 Å². The molecule has 0 radical (unpaired) electrons. The van der Waals surface area contributed by atoms with Gasteiger partial charge in [-0.2, -0.15) is 5.10 Å². The standard InChI is InChI=1S/C12H10ClN3O3/c1-6-9(12(18)19)15-16-10(6)14-11(17)7-4-2-3-5-8(7)13/h2-5H,1H3,(H,18,19)(H2,14,15,16,17). The number of H-pyrrole nitrogens is 1. The number of aromatic nitrogens is 2. The van der Waals surface area contributed by atoms with Crippen LogP contribution in [0.3, 0.4) is 0 Å². The lowest BCUT2D eigenvalue weighted by Gasteiger charge is -2.04. The van der Waals surface area contributed by atoms with Gasteiger partial charge in [-0.05, 0) is 19.1 Å². The van der Waals surface area contributed by atoms with Crippen molar-refractivity contribution in [3.8, 4) is 0 Å². The van der Waals surface area contributed by atoms with Crippen LogP contribution in [0.5, 0.6) is 0 Å². The Kier molecular flexibility index (Phi) is 3.52. The molecule has 1 aromatic heterocycles. The first kappa shape index (κ1) is 13.1. The van der Waals surface area contributed by atoms with E-state index in [-0.39, 0.29) is 11.5 Å². The van der Waals surface area contributed by atoms with E-state index in [4.69, 9.17) is 16.7 Å². The number of nitrogens with zero attached hydrogens (tertiary/aromatic N) is 1. The highest BCUT2D eigenvalue weighted by Crippen LogP contribution is 2.19. The third-order valence-corrected chi connectivity index (χ3v) is 2.90. The van der Waals surface area contributed by atoms with Gasteiger partial charge in [0.2, 0.25) is 0 Å². The second kappa shape index (κ2) is 5.11. The number of aromatic amines is 1. The van der Waals surface area contributed by atoms with Crippen molar-refractivity contribution >= 4 is 29.3 Å². The normalized spacial score (nSPS) is 10.2. The molecule has 19 heavy (non-hydrogen) atoms. The number of benzene rings is 1. The first-order chi connectivity index (χ1) is 9.00. The number of carboxylic acids is 1. The maximum absolute atomic E-state index is 12.0. The van der Waals surface area contributed by atoms with Gasteiger partial charge in [0.25, 0.3) is 5.91 Å². The van der Waals surface area contributed by atoms with Crippen LogP contribution >= 0.6 is 11.6 Å². The van der Waals surface area contributed by atoms with Gasteiger partial charge in [-0.15, -0.1) is 0 Å². The molecule has 0 aliphatic heterocycles. The molecule has 0 atom stereocenters. The van der Waals surface area contributed by atoms with Crippen LogP contribution in [0, 0.1) is 6.92 Å². The minimum Gasteiger partial charge on any atom is -0.477 e. The zero-order valence-electron chi connectivity index (χ0n) is 9.90. The molecule has 0 spiro atoms. The van der Waals surface area contributed by atoms with E-state index >= 15 is 0 Å². The summed E-state index contributed by atoms with van der Waals surface area (Å²) < 4.78 is 0. The smallest absolute Gasteiger partial charge is 0.354 e. The van der Waals surface area contributed by atoms with E-state index in [0.717, 1.165) is 0 Å². The van der Waals surface area contributed by atoms with Gasteiger partial charge < -0.3 is 10.4 Å². The fourth-order valence-electron chi connectivity index (χ4n) is 1.55. The maximum Gasteiger partial charge on any atom is 0.354 e. The number of carbonyl (C=O) groups is 2. The van der Waals surface area contributed by atoms with Gasteiger partial charge in [0.15, 0.2) is 5.82 Å². The monoisotopic (exact) mass is 279 g/mol. The maximum atomic E-state index is 12.0. The van der Waals surface area contributed by atoms with Crippen molar-refractivity contribution in [2.75, 3.05) is 5.32 Å². The molecule has 0 aliphatic carbocycles. The third kappa shape index (κ3) is 2.58. The van der Waals surface area contributed by atoms with Crippen molar-refractivity contribution in [2.24, 2.45) is 0 Å². The first-order valence-corrected chi connectivity index (χ1v) is 5.72. The van der Waals surface area contributed by atoms with E-state index in [1.165, 1.54) is 0 Å². The van der Waals surface area contributed by atoms with Crippen molar-refractivity contribution in [3.05, 3.63) is 46.1 Å². The minimum atomic E-state index is -1.14. The lowest BCUT2D eigenvalue weighted by molar-refractivity contribution is 0.0689. The molecule has 3 N–H and O–H groups in total. The van der Waals surface area contributed by atoms with E-state index in [0.29, 0.717) is 16.1 Å². The lowest BCUT2D eigenvalue weighted by Crippen LogP contribution is -2.13. The molecule has 2 rings (SSSR count). The number of hydrogen-bond donors (Lipinski definition) is 3. The number of carboxylic acid groups (broad SMARTS) is 1. The molecule has 98 valence electrons. The van der Waals surface area contributed by atoms with Crippen LogP contribution in [0.1, 0.15) is 26.4 Å². The molecule has 0 unspecified atom stereocenters. The summed E-state index contributed by atoms with van der Waals surface area (Å²) in [6, 6.07) is 6.55. The van der Waals surface area contributed by atoms with Crippen molar-refractivity contribution < 1.29 is 14.7 Å². The Labute approximate surface area is 113 Å². The second-order valence-electron chi connectivity index (χ2n) is 3.81. The van der Waals surface area contributed by atoms with Gasteiger partial charge in [0.05, 0.1) is 10.6 Å². The van der Waals surface area contributed by atoms with Gasteiger partial charge in [0, 0.05) is 5.56 Å². The largest absolute Gasteiger partial charge is 0.477 e. The van der Waals surface area contributed by atoms with Crippen molar-refractivity contribution in [3.63, 3.8) is 0 Å². The molecule has 2 aromatic rings. The highest BCUT2D eigenvalue weighted by molar-refractivity contribution is 6.34. The van der Waals surface area contributed by atoms with Gasteiger partial charge in [-0.1, -0.05) is 23.7 Å². The van der Waals surface area contributed by atoms with Crippen molar-refractivity contribution in [1.82, 2.24) is 10.2 Å². The SMILES string of the molecule is Cc1c(NC(=O)c2ccccc2Cl)n[nH]c1C(=O)O. The highest BCUT2D eigenvalue weighted by atomic mass is 35.5. The number of nitrogens with one attached hydrogen (secondary N) is 2. The molecule has 1 aromatic carbocycles. The third-order valence-electron chi connectivity index (χ3n) is 2.57. The number of halogens is 1. The molecule has 0 bridgehead atoms. The summed E-state index contributed by atoms with van der Waals surface area (Å²) in [5.41, 5.74) is 0.589. The molecule has 1 heterocycles. The topological polar surface area (TPSA) is 95.1 Å². The van der Waals surface area contributed by atoms with Crippen LogP contribution in [0.4, 0.5) is 5.82 Å². The van der Waals surface area contributed by atoms with Crippen molar-refractivity contribution in [2.45, 2.75) is 6.92 Å². The average Bonchev–Trinajstić information content (AvgIpc) is 2.71. The first-order valence-electron chi connectivity index (χ1n) is 5.35. The number of anilines is 1. The van der Waals surface area contributed by atoms with Crippen LogP contribution in [0.15, 0.2) is 24.3 Å². The number of hydrogen-bond acceptors (Lipinski definition) is 3. The number of rotatable bonds is 3. The van der Waals surface area contributed by atoms with Crippen LogP contribution < -0.4 is 5.32 Å². The Bertz CT molecular complexity index is 651. The molecular weight excluding hydrogens is 270 g/mol. The minimum absolute atomic E-state index is 0.0607. The Hall–Kier alpha value is -2.34. The second-order valence-corrected chi connectivity index (χ2v) is 4.22. The summed E-state index contributed by atoms with van der Waals surface area (Å²) in [6.45, 7) is 1.55. The number of amides is 1. The zero-order valence-corrected chi connectivity index (χ0v) is 10.7. The number of aromatic carboxylic acids is 1. The molecule has 1 amide bonds. The summed E-state index contributed by atoms with van der Waals surface area (Å²) in [4.78, 5) is 22.8. The van der Waals surface area contributed by atoms with E-state index < -0.39 is 11.9 Å². The highest BCUT2D eigenvalue weighted by Gasteiger charge is 2.17. The van der Waals surface area contributed by atoms with Crippen LogP contribution in [-0.2, 0) is 0 Å². The molecule has 0 fully saturated rings. The quantitative estimate of drug-likeness (QED) is 0.803. The van der Waals surface area contributed by atoms with E-state index in [2.05, 4.69) is 15.5 Å². The Morgan fingerprint density at radius 2 is 2.05 bits per heavy atom. The van der Waals surface area contributed by atoms with E-state index in [1.807, 2.05) is 0 Å². The molecule has 0 saturated heterocycles. The lowest BCUT2D eigenvalue weighted by atomic mass is 10.2. The van der Waals surface area contributed by atoms with Crippen LogP contribution in [0.25, 0.3) is 0 Å². The predicted molar refractivity (Wildman–Crippen MR) is 69.7 cm³/mol. The van der Waals surface area contributed by atoms with Crippen LogP contribution in [-0.4, -0.2) is 27.2 Å². The Morgan fingerprint density at radius 3 is 2.63 bits per heavy atom. The van der Waals surface area contributed by atoms with Gasteiger partial charge in [0.1, 0.15) is 5.69 Å². The fourth-order valence-corrected chi connectivity index (χ4v) is 1.77. The summed E-state index contributed by atoms with van der Waals surface area (Å²) in [5, 5.41) is 17.8. The van der Waals surface area contributed by atoms with Gasteiger partial charge >= 0.3 is 5.97 Å². The molecule has 0 aliphatic rings.